The highest BCUT2D eigenvalue weighted by atomic mass is 79.9. The van der Waals surface area contributed by atoms with Crippen LogP contribution < -0.4 is 0 Å². The van der Waals surface area contributed by atoms with E-state index in [-0.39, 0.29) is 11.8 Å². The molecular weight excluding hydrogens is 308 g/mol. The van der Waals surface area contributed by atoms with Crippen LogP contribution in [0.4, 0.5) is 0 Å². The molecule has 1 aliphatic rings. The highest BCUT2D eigenvalue weighted by molar-refractivity contribution is 9.10. The van der Waals surface area contributed by atoms with Gasteiger partial charge in [0.15, 0.2) is 0 Å². The molecule has 1 atom stereocenters. The lowest BCUT2D eigenvalue weighted by Gasteiger charge is -2.06. The van der Waals surface area contributed by atoms with E-state index in [1.54, 1.807) is 4.90 Å². The van der Waals surface area contributed by atoms with E-state index in [1.165, 1.54) is 0 Å². The van der Waals surface area contributed by atoms with Gasteiger partial charge in [0, 0.05) is 29.7 Å². The van der Waals surface area contributed by atoms with Gasteiger partial charge in [-0.3, -0.25) is 4.79 Å². The van der Waals surface area contributed by atoms with Crippen LogP contribution in [0.25, 0.3) is 11.3 Å². The van der Waals surface area contributed by atoms with Crippen molar-refractivity contribution < 1.29 is 9.32 Å². The lowest BCUT2D eigenvalue weighted by atomic mass is 10.0. The Morgan fingerprint density at radius 3 is 2.95 bits per heavy atom. The predicted molar refractivity (Wildman–Crippen MR) is 74.6 cm³/mol. The lowest BCUT2D eigenvalue weighted by molar-refractivity contribution is -0.128. The van der Waals surface area contributed by atoms with Crippen molar-refractivity contribution in [3.05, 3.63) is 40.6 Å². The number of likely N-dealkylation sites (N-methyl/N-ethyl adjacent to an activating group) is 1. The standard InChI is InChI=1S/C14H13BrN2O2/c1-17-6-5-11(14(17)18)13-8-12(16-19-13)9-3-2-4-10(15)7-9/h2-4,7-8,11H,5-6H2,1H3/t11-/m1/s1. The number of hydrogen-bond donors (Lipinski definition) is 0. The van der Waals surface area contributed by atoms with Crippen LogP contribution in [0.2, 0.25) is 0 Å². The van der Waals surface area contributed by atoms with Crippen molar-refractivity contribution in [1.29, 1.82) is 0 Å². The molecule has 0 saturated carbocycles. The maximum absolute atomic E-state index is 11.9. The number of nitrogens with zero attached hydrogens (tertiary/aromatic N) is 2. The number of carbonyl (C=O) groups is 1. The molecule has 1 amide bonds. The number of amides is 1. The van der Waals surface area contributed by atoms with E-state index in [0.717, 1.165) is 28.7 Å². The molecule has 1 aromatic carbocycles. The molecule has 1 aliphatic heterocycles. The average molecular weight is 321 g/mol. The second-order valence-corrected chi connectivity index (χ2v) is 5.64. The van der Waals surface area contributed by atoms with Gasteiger partial charge >= 0.3 is 0 Å². The van der Waals surface area contributed by atoms with E-state index in [4.69, 9.17) is 4.52 Å². The van der Waals surface area contributed by atoms with Crippen LogP contribution in [-0.4, -0.2) is 29.6 Å². The van der Waals surface area contributed by atoms with Gasteiger partial charge in [-0.25, -0.2) is 0 Å². The molecule has 0 radical (unpaired) electrons. The van der Waals surface area contributed by atoms with E-state index in [0.29, 0.717) is 5.76 Å². The molecular formula is C14H13BrN2O2. The molecule has 0 N–H and O–H groups in total. The molecule has 1 saturated heterocycles. The number of hydrogen-bond acceptors (Lipinski definition) is 3. The van der Waals surface area contributed by atoms with E-state index >= 15 is 0 Å². The smallest absolute Gasteiger partial charge is 0.233 e. The first kappa shape index (κ1) is 12.4. The summed E-state index contributed by atoms with van der Waals surface area (Å²) in [5.74, 6) is 0.583. The molecule has 2 aromatic rings. The summed E-state index contributed by atoms with van der Waals surface area (Å²) in [6.45, 7) is 0.774. The fourth-order valence-corrected chi connectivity index (χ4v) is 2.72. The Morgan fingerprint density at radius 1 is 1.42 bits per heavy atom. The fraction of sp³-hybridized carbons (Fsp3) is 0.286. The van der Waals surface area contributed by atoms with Crippen LogP contribution in [0.5, 0.6) is 0 Å². The third-order valence-electron chi connectivity index (χ3n) is 3.42. The van der Waals surface area contributed by atoms with Crippen molar-refractivity contribution in [2.24, 2.45) is 0 Å². The second-order valence-electron chi connectivity index (χ2n) is 4.73. The lowest BCUT2D eigenvalue weighted by Crippen LogP contribution is -2.21. The van der Waals surface area contributed by atoms with Crippen molar-refractivity contribution in [3.8, 4) is 11.3 Å². The zero-order valence-electron chi connectivity index (χ0n) is 10.5. The summed E-state index contributed by atoms with van der Waals surface area (Å²) in [6.07, 6.45) is 0.794. The monoisotopic (exact) mass is 320 g/mol. The van der Waals surface area contributed by atoms with Crippen LogP contribution in [0.1, 0.15) is 18.1 Å². The molecule has 3 rings (SSSR count). The molecule has 1 fully saturated rings. The second kappa shape index (κ2) is 4.81. The SMILES string of the molecule is CN1CC[C@H](c2cc(-c3cccc(Br)c3)no2)C1=O. The minimum atomic E-state index is -0.182. The maximum Gasteiger partial charge on any atom is 0.233 e. The summed E-state index contributed by atoms with van der Waals surface area (Å²) in [5.41, 5.74) is 1.74. The first-order chi connectivity index (χ1) is 9.15. The van der Waals surface area contributed by atoms with Gasteiger partial charge in [0.25, 0.3) is 0 Å². The van der Waals surface area contributed by atoms with Gasteiger partial charge in [0.05, 0.1) is 0 Å². The van der Waals surface area contributed by atoms with Gasteiger partial charge in [-0.1, -0.05) is 33.2 Å². The van der Waals surface area contributed by atoms with Crippen molar-refractivity contribution in [2.75, 3.05) is 13.6 Å². The number of halogens is 1. The van der Waals surface area contributed by atoms with Crippen molar-refractivity contribution in [2.45, 2.75) is 12.3 Å². The predicted octanol–water partition coefficient (Wildman–Crippen LogP) is 3.05. The van der Waals surface area contributed by atoms with Crippen molar-refractivity contribution in [3.63, 3.8) is 0 Å². The quantitative estimate of drug-likeness (QED) is 0.854. The largest absolute Gasteiger partial charge is 0.360 e. The molecule has 2 heterocycles. The summed E-state index contributed by atoms with van der Waals surface area (Å²) < 4.78 is 6.34. The van der Waals surface area contributed by atoms with Crippen LogP contribution in [0, 0.1) is 0 Å². The zero-order valence-corrected chi connectivity index (χ0v) is 12.1. The molecule has 19 heavy (non-hydrogen) atoms. The zero-order chi connectivity index (χ0) is 13.4. The Morgan fingerprint density at radius 2 is 2.26 bits per heavy atom. The summed E-state index contributed by atoms with van der Waals surface area (Å²) >= 11 is 3.43. The third kappa shape index (κ3) is 2.30. The molecule has 4 nitrogen and oxygen atoms in total. The minimum absolute atomic E-state index is 0.108. The molecule has 5 heteroatoms. The Balaban J connectivity index is 1.90. The summed E-state index contributed by atoms with van der Waals surface area (Å²) in [7, 11) is 1.81. The first-order valence-electron chi connectivity index (χ1n) is 6.12. The van der Waals surface area contributed by atoms with E-state index < -0.39 is 0 Å². The van der Waals surface area contributed by atoms with Crippen LogP contribution in [0.3, 0.4) is 0 Å². The number of likely N-dealkylation sites (tertiary alicyclic amines) is 1. The Bertz CT molecular complexity index is 623. The minimum Gasteiger partial charge on any atom is -0.360 e. The van der Waals surface area contributed by atoms with Gasteiger partial charge in [-0.15, -0.1) is 0 Å². The highest BCUT2D eigenvalue weighted by Gasteiger charge is 2.33. The normalized spacial score (nSPS) is 19.2. The van der Waals surface area contributed by atoms with Crippen molar-refractivity contribution >= 4 is 21.8 Å². The maximum atomic E-state index is 11.9. The van der Waals surface area contributed by atoms with Gasteiger partial charge in [-0.2, -0.15) is 0 Å². The van der Waals surface area contributed by atoms with Crippen LogP contribution >= 0.6 is 15.9 Å². The Hall–Kier alpha value is -1.62. The Kier molecular flexibility index (Phi) is 3.14. The summed E-state index contributed by atoms with van der Waals surface area (Å²) in [5, 5.41) is 4.07. The van der Waals surface area contributed by atoms with E-state index in [2.05, 4.69) is 21.1 Å². The third-order valence-corrected chi connectivity index (χ3v) is 3.91. The molecule has 98 valence electrons. The van der Waals surface area contributed by atoms with Gasteiger partial charge in [-0.05, 0) is 18.6 Å². The molecule has 0 spiro atoms. The average Bonchev–Trinajstić information content (AvgIpc) is 2.98. The number of aromatic nitrogens is 1. The topological polar surface area (TPSA) is 46.3 Å². The number of benzene rings is 1. The van der Waals surface area contributed by atoms with Gasteiger partial charge < -0.3 is 9.42 Å². The van der Waals surface area contributed by atoms with Crippen LogP contribution in [-0.2, 0) is 4.79 Å². The van der Waals surface area contributed by atoms with Gasteiger partial charge in [0.2, 0.25) is 5.91 Å². The van der Waals surface area contributed by atoms with Gasteiger partial charge in [0.1, 0.15) is 17.4 Å². The molecule has 0 unspecified atom stereocenters. The number of carbonyl (C=O) groups excluding carboxylic acids is 1. The Labute approximate surface area is 119 Å². The van der Waals surface area contributed by atoms with Crippen LogP contribution in [0.15, 0.2) is 39.3 Å². The molecule has 0 aliphatic carbocycles. The summed E-state index contributed by atoms with van der Waals surface area (Å²) in [6, 6.07) is 9.71. The first-order valence-corrected chi connectivity index (χ1v) is 6.92. The molecule has 1 aromatic heterocycles. The molecule has 0 bridgehead atoms. The van der Waals surface area contributed by atoms with E-state index in [1.807, 2.05) is 37.4 Å². The fourth-order valence-electron chi connectivity index (χ4n) is 2.32. The summed E-state index contributed by atoms with van der Waals surface area (Å²) in [4.78, 5) is 13.7. The van der Waals surface area contributed by atoms with E-state index in [9.17, 15) is 4.79 Å². The number of rotatable bonds is 2. The van der Waals surface area contributed by atoms with Crippen molar-refractivity contribution in [1.82, 2.24) is 10.1 Å². The highest BCUT2D eigenvalue weighted by Crippen LogP contribution is 2.31.